The molecular formula is C25H17NO2S. The lowest BCUT2D eigenvalue weighted by Gasteiger charge is -2.05. The Hall–Kier alpha value is -3.50. The first-order valence-electron chi connectivity index (χ1n) is 9.41. The van der Waals surface area contributed by atoms with Crippen LogP contribution in [-0.4, -0.2) is 4.98 Å². The molecule has 2 aromatic heterocycles. The fourth-order valence-corrected chi connectivity index (χ4v) is 4.67. The summed E-state index contributed by atoms with van der Waals surface area (Å²) in [5, 5.41) is 0.581. The van der Waals surface area contributed by atoms with Gasteiger partial charge in [-0.05, 0) is 35.2 Å². The lowest BCUT2D eigenvalue weighted by molar-refractivity contribution is 0.518. The van der Waals surface area contributed by atoms with Crippen LogP contribution in [0, 0.1) is 0 Å². The Kier molecular flexibility index (Phi) is 4.54. The molecule has 0 bridgehead atoms. The third-order valence-electron chi connectivity index (χ3n) is 4.87. The molecular weight excluding hydrogens is 378 g/mol. The van der Waals surface area contributed by atoms with Gasteiger partial charge < -0.3 is 4.42 Å². The summed E-state index contributed by atoms with van der Waals surface area (Å²) in [6.07, 6.45) is 0.655. The first-order valence-corrected chi connectivity index (χ1v) is 10.2. The minimum absolute atomic E-state index is 0.335. The van der Waals surface area contributed by atoms with E-state index < -0.39 is 0 Å². The van der Waals surface area contributed by atoms with E-state index in [2.05, 4.69) is 24.3 Å². The van der Waals surface area contributed by atoms with E-state index in [-0.39, 0.29) is 5.63 Å². The van der Waals surface area contributed by atoms with E-state index in [1.807, 2.05) is 66.7 Å². The molecule has 0 unspecified atom stereocenters. The highest BCUT2D eigenvalue weighted by Crippen LogP contribution is 2.38. The second kappa shape index (κ2) is 7.49. The van der Waals surface area contributed by atoms with E-state index >= 15 is 0 Å². The predicted molar refractivity (Wildman–Crippen MR) is 118 cm³/mol. The minimum atomic E-state index is -0.335. The maximum Gasteiger partial charge on any atom is 0.348 e. The van der Waals surface area contributed by atoms with Gasteiger partial charge in [0.05, 0.1) is 0 Å². The summed E-state index contributed by atoms with van der Waals surface area (Å²) in [5.41, 5.74) is 3.67. The molecule has 3 aromatic carbocycles. The van der Waals surface area contributed by atoms with Crippen molar-refractivity contribution in [3.63, 3.8) is 0 Å². The zero-order chi connectivity index (χ0) is 19.6. The molecule has 140 valence electrons. The van der Waals surface area contributed by atoms with Crippen LogP contribution in [0.3, 0.4) is 0 Å². The van der Waals surface area contributed by atoms with Crippen LogP contribution in [-0.2, 0) is 6.42 Å². The number of aromatic nitrogens is 1. The van der Waals surface area contributed by atoms with Crippen molar-refractivity contribution in [1.29, 1.82) is 0 Å². The molecule has 0 atom stereocenters. The van der Waals surface area contributed by atoms with Crippen LogP contribution in [0.2, 0.25) is 0 Å². The lowest BCUT2D eigenvalue weighted by atomic mass is 10.0. The molecule has 3 nitrogen and oxygen atoms in total. The number of benzene rings is 3. The quantitative estimate of drug-likeness (QED) is 0.365. The molecule has 29 heavy (non-hydrogen) atoms. The molecule has 0 fully saturated rings. The van der Waals surface area contributed by atoms with Crippen LogP contribution >= 0.6 is 11.3 Å². The van der Waals surface area contributed by atoms with Crippen molar-refractivity contribution in [2.24, 2.45) is 0 Å². The summed E-state index contributed by atoms with van der Waals surface area (Å²) in [6.45, 7) is 0. The second-order valence-corrected chi connectivity index (χ2v) is 7.79. The van der Waals surface area contributed by atoms with Gasteiger partial charge in [-0.2, -0.15) is 0 Å². The summed E-state index contributed by atoms with van der Waals surface area (Å²) in [5.74, 6) is 0.357. The van der Waals surface area contributed by atoms with Gasteiger partial charge in [0.2, 0.25) is 5.89 Å². The molecule has 0 N–H and O–H groups in total. The summed E-state index contributed by atoms with van der Waals surface area (Å²) in [6, 6.07) is 29.9. The Morgan fingerprint density at radius 1 is 0.759 bits per heavy atom. The molecule has 0 spiro atoms. The standard InChI is InChI=1S/C25H17NO2S/c27-25-21-20(16-17-10-4-1-5-11-17)22(18-12-6-2-7-13-18)29-24(21)26-23(28-25)19-14-8-3-9-15-19/h1-15H,16H2. The van der Waals surface area contributed by atoms with Crippen molar-refractivity contribution >= 4 is 21.6 Å². The average molecular weight is 395 g/mol. The zero-order valence-electron chi connectivity index (χ0n) is 15.5. The fraction of sp³-hybridized carbons (Fsp3) is 0.0400. The maximum atomic E-state index is 13.0. The van der Waals surface area contributed by atoms with Crippen LogP contribution in [0.25, 0.3) is 32.1 Å². The van der Waals surface area contributed by atoms with E-state index in [0.717, 1.165) is 27.1 Å². The maximum absolute atomic E-state index is 13.0. The molecule has 5 rings (SSSR count). The predicted octanol–water partition coefficient (Wildman–Crippen LogP) is 6.17. The van der Waals surface area contributed by atoms with Gasteiger partial charge in [0.15, 0.2) is 0 Å². The van der Waals surface area contributed by atoms with E-state index in [1.165, 1.54) is 0 Å². The Morgan fingerprint density at radius 2 is 1.34 bits per heavy atom. The van der Waals surface area contributed by atoms with E-state index in [1.54, 1.807) is 11.3 Å². The first kappa shape index (κ1) is 17.6. The number of hydrogen-bond acceptors (Lipinski definition) is 4. The molecule has 0 aliphatic carbocycles. The van der Waals surface area contributed by atoms with Gasteiger partial charge in [-0.25, -0.2) is 9.78 Å². The highest BCUT2D eigenvalue weighted by atomic mass is 32.1. The van der Waals surface area contributed by atoms with Crippen molar-refractivity contribution < 1.29 is 4.42 Å². The molecule has 2 heterocycles. The van der Waals surface area contributed by atoms with Gasteiger partial charge in [0.25, 0.3) is 0 Å². The van der Waals surface area contributed by atoms with Crippen LogP contribution in [0.5, 0.6) is 0 Å². The zero-order valence-corrected chi connectivity index (χ0v) is 16.4. The van der Waals surface area contributed by atoms with Gasteiger partial charge in [-0.3, -0.25) is 0 Å². The monoisotopic (exact) mass is 395 g/mol. The Labute approximate surface area is 171 Å². The van der Waals surface area contributed by atoms with Crippen molar-refractivity contribution in [2.75, 3.05) is 0 Å². The summed E-state index contributed by atoms with van der Waals surface area (Å²) in [4.78, 5) is 19.5. The largest absolute Gasteiger partial charge is 0.403 e. The number of nitrogens with zero attached hydrogens (tertiary/aromatic N) is 1. The number of fused-ring (bicyclic) bond motifs is 1. The molecule has 0 saturated heterocycles. The fourth-order valence-electron chi connectivity index (χ4n) is 3.49. The topological polar surface area (TPSA) is 43.1 Å². The van der Waals surface area contributed by atoms with Crippen molar-refractivity contribution in [3.05, 3.63) is 113 Å². The smallest absolute Gasteiger partial charge is 0.348 e. The molecule has 4 heteroatoms. The highest BCUT2D eigenvalue weighted by molar-refractivity contribution is 7.22. The number of rotatable bonds is 4. The van der Waals surface area contributed by atoms with Crippen molar-refractivity contribution in [1.82, 2.24) is 4.98 Å². The SMILES string of the molecule is O=c1oc(-c2ccccc2)nc2sc(-c3ccccc3)c(Cc3ccccc3)c12. The average Bonchev–Trinajstić information content (AvgIpc) is 3.14. The highest BCUT2D eigenvalue weighted by Gasteiger charge is 2.20. The molecule has 0 amide bonds. The summed E-state index contributed by atoms with van der Waals surface area (Å²) >= 11 is 1.55. The Bertz CT molecular complexity index is 1320. The summed E-state index contributed by atoms with van der Waals surface area (Å²) in [7, 11) is 0. The lowest BCUT2D eigenvalue weighted by Crippen LogP contribution is -2.04. The van der Waals surface area contributed by atoms with Gasteiger partial charge in [-0.1, -0.05) is 78.9 Å². The van der Waals surface area contributed by atoms with Crippen LogP contribution in [0.4, 0.5) is 0 Å². The van der Waals surface area contributed by atoms with Crippen molar-refractivity contribution in [2.45, 2.75) is 6.42 Å². The normalized spacial score (nSPS) is 11.0. The second-order valence-electron chi connectivity index (χ2n) is 6.79. The molecule has 0 aliphatic rings. The molecule has 0 saturated carbocycles. The molecule has 0 aliphatic heterocycles. The minimum Gasteiger partial charge on any atom is -0.403 e. The Morgan fingerprint density at radius 3 is 2.00 bits per heavy atom. The number of hydrogen-bond donors (Lipinski definition) is 0. The Balaban J connectivity index is 1.75. The van der Waals surface area contributed by atoms with E-state index in [4.69, 9.17) is 9.40 Å². The third kappa shape index (κ3) is 3.39. The van der Waals surface area contributed by atoms with Crippen LogP contribution < -0.4 is 5.63 Å². The van der Waals surface area contributed by atoms with E-state index in [0.29, 0.717) is 22.5 Å². The molecule has 5 aromatic rings. The number of thiophene rings is 1. The van der Waals surface area contributed by atoms with Gasteiger partial charge in [0.1, 0.15) is 10.2 Å². The van der Waals surface area contributed by atoms with Crippen LogP contribution in [0.15, 0.2) is 100 Å². The van der Waals surface area contributed by atoms with Crippen molar-refractivity contribution in [3.8, 4) is 21.9 Å². The van der Waals surface area contributed by atoms with Gasteiger partial charge >= 0.3 is 5.63 Å². The van der Waals surface area contributed by atoms with Gasteiger partial charge in [0, 0.05) is 10.4 Å². The summed E-state index contributed by atoms with van der Waals surface area (Å²) < 4.78 is 5.64. The first-order chi connectivity index (χ1) is 14.3. The van der Waals surface area contributed by atoms with Gasteiger partial charge in [-0.15, -0.1) is 11.3 Å². The molecule has 0 radical (unpaired) electrons. The van der Waals surface area contributed by atoms with Crippen LogP contribution in [0.1, 0.15) is 11.1 Å². The third-order valence-corrected chi connectivity index (χ3v) is 6.04. The van der Waals surface area contributed by atoms with E-state index in [9.17, 15) is 4.79 Å².